The summed E-state index contributed by atoms with van der Waals surface area (Å²) in [6, 6.07) is 8.80. The Morgan fingerprint density at radius 1 is 1.33 bits per heavy atom. The van der Waals surface area contributed by atoms with E-state index in [-0.39, 0.29) is 0 Å². The number of carbonyl (C=O) groups is 1. The van der Waals surface area contributed by atoms with Crippen molar-refractivity contribution in [3.8, 4) is 0 Å². The topological polar surface area (TPSA) is 36.1 Å². The summed E-state index contributed by atoms with van der Waals surface area (Å²) in [5.41, 5.74) is 2.40. The molecule has 1 aromatic heterocycles. The van der Waals surface area contributed by atoms with Crippen LogP contribution in [-0.2, 0) is 11.2 Å². The molecular formula is C18H24N2O. The third-order valence-electron chi connectivity index (χ3n) is 4.15. The number of aromatic amines is 1. The van der Waals surface area contributed by atoms with Crippen LogP contribution < -0.4 is 0 Å². The summed E-state index contributed by atoms with van der Waals surface area (Å²) in [5.74, 6) is 0.860. The normalized spacial score (nSPS) is 14.8. The molecule has 0 aliphatic heterocycles. The minimum Gasteiger partial charge on any atom is -0.361 e. The highest BCUT2D eigenvalue weighted by atomic mass is 16.2. The Labute approximate surface area is 126 Å². The second-order valence-electron chi connectivity index (χ2n) is 6.53. The lowest BCUT2D eigenvalue weighted by Crippen LogP contribution is -2.36. The Morgan fingerprint density at radius 2 is 2.10 bits per heavy atom. The van der Waals surface area contributed by atoms with Gasteiger partial charge in [0, 0.05) is 36.1 Å². The lowest BCUT2D eigenvalue weighted by molar-refractivity contribution is -0.132. The fraction of sp³-hybridized carbons (Fsp3) is 0.500. The zero-order valence-electron chi connectivity index (χ0n) is 12.9. The van der Waals surface area contributed by atoms with Crippen molar-refractivity contribution in [2.24, 2.45) is 5.92 Å². The van der Waals surface area contributed by atoms with E-state index >= 15 is 0 Å². The number of nitrogens with zero attached hydrogens (tertiary/aromatic N) is 1. The number of nitrogens with one attached hydrogen (secondary N) is 1. The van der Waals surface area contributed by atoms with Crippen molar-refractivity contribution in [1.82, 2.24) is 9.88 Å². The van der Waals surface area contributed by atoms with Crippen molar-refractivity contribution in [2.45, 2.75) is 45.6 Å². The fourth-order valence-electron chi connectivity index (χ4n) is 2.96. The quantitative estimate of drug-likeness (QED) is 0.861. The molecular weight excluding hydrogens is 260 g/mol. The van der Waals surface area contributed by atoms with Gasteiger partial charge in [0.15, 0.2) is 0 Å². The first kappa shape index (κ1) is 14.2. The maximum atomic E-state index is 12.5. The number of para-hydroxylation sites is 1. The number of H-pyrrole nitrogens is 1. The molecule has 1 aromatic carbocycles. The van der Waals surface area contributed by atoms with Gasteiger partial charge >= 0.3 is 0 Å². The van der Waals surface area contributed by atoms with E-state index in [9.17, 15) is 4.79 Å². The number of rotatable bonds is 6. The van der Waals surface area contributed by atoms with Gasteiger partial charge in [0.2, 0.25) is 5.91 Å². The lowest BCUT2D eigenvalue weighted by atomic mass is 10.1. The molecule has 1 heterocycles. The van der Waals surface area contributed by atoms with Crippen LogP contribution in [-0.4, -0.2) is 28.4 Å². The van der Waals surface area contributed by atoms with Gasteiger partial charge in [-0.15, -0.1) is 0 Å². The molecule has 3 rings (SSSR count). The van der Waals surface area contributed by atoms with Crippen LogP contribution in [0.5, 0.6) is 0 Å². The van der Waals surface area contributed by atoms with Gasteiger partial charge in [-0.2, -0.15) is 0 Å². The fourth-order valence-corrected chi connectivity index (χ4v) is 2.96. The van der Waals surface area contributed by atoms with Crippen molar-refractivity contribution in [3.63, 3.8) is 0 Å². The van der Waals surface area contributed by atoms with Crippen LogP contribution in [0.1, 0.15) is 38.7 Å². The van der Waals surface area contributed by atoms with Gasteiger partial charge in [0.1, 0.15) is 0 Å². The Bertz CT molecular complexity index is 625. The molecule has 3 nitrogen and oxygen atoms in total. The van der Waals surface area contributed by atoms with Crippen molar-refractivity contribution >= 4 is 16.8 Å². The maximum absolute atomic E-state index is 12.5. The minimum atomic E-state index is 0.316. The maximum Gasteiger partial charge on any atom is 0.223 e. The molecule has 0 radical (unpaired) electrons. The number of aryl methyl sites for hydroxylation is 1. The lowest BCUT2D eigenvalue weighted by Gasteiger charge is -2.24. The molecule has 0 unspecified atom stereocenters. The molecule has 1 amide bonds. The van der Waals surface area contributed by atoms with Crippen LogP contribution in [0.15, 0.2) is 30.5 Å². The molecule has 0 saturated heterocycles. The van der Waals surface area contributed by atoms with E-state index in [0.29, 0.717) is 24.3 Å². The smallest absolute Gasteiger partial charge is 0.223 e. The summed E-state index contributed by atoms with van der Waals surface area (Å²) in [6.45, 7) is 5.27. The number of carbonyl (C=O) groups excluding carboxylic acids is 1. The van der Waals surface area contributed by atoms with Gasteiger partial charge < -0.3 is 9.88 Å². The van der Waals surface area contributed by atoms with E-state index in [1.165, 1.54) is 23.8 Å². The SMILES string of the molecule is CC(C)CN(C(=O)CCc1c[nH]c2ccccc12)C1CC1. The van der Waals surface area contributed by atoms with Crippen LogP contribution in [0.2, 0.25) is 0 Å². The summed E-state index contributed by atoms with van der Waals surface area (Å²) in [4.78, 5) is 17.9. The zero-order chi connectivity index (χ0) is 14.8. The molecule has 21 heavy (non-hydrogen) atoms. The van der Waals surface area contributed by atoms with Gasteiger partial charge in [-0.25, -0.2) is 0 Å². The first-order valence-electron chi connectivity index (χ1n) is 7.99. The predicted octanol–water partition coefficient (Wildman–Crippen LogP) is 3.75. The highest BCUT2D eigenvalue weighted by Crippen LogP contribution is 2.28. The molecule has 1 aliphatic rings. The predicted molar refractivity (Wildman–Crippen MR) is 86.2 cm³/mol. The van der Waals surface area contributed by atoms with E-state index in [1.54, 1.807) is 0 Å². The standard InChI is InChI=1S/C18H24N2O/c1-13(2)12-20(15-8-9-15)18(21)10-7-14-11-19-17-6-4-3-5-16(14)17/h3-6,11,13,15,19H,7-10,12H2,1-2H3. The number of amides is 1. The second-order valence-corrected chi connectivity index (χ2v) is 6.53. The molecule has 0 spiro atoms. The van der Waals surface area contributed by atoms with Gasteiger partial charge in [-0.05, 0) is 36.8 Å². The van der Waals surface area contributed by atoms with Gasteiger partial charge in [0.25, 0.3) is 0 Å². The number of fused-ring (bicyclic) bond motifs is 1. The monoisotopic (exact) mass is 284 g/mol. The summed E-state index contributed by atoms with van der Waals surface area (Å²) in [5, 5.41) is 1.24. The number of aromatic nitrogens is 1. The molecule has 1 fully saturated rings. The molecule has 1 saturated carbocycles. The first-order chi connectivity index (χ1) is 10.1. The van der Waals surface area contributed by atoms with Crippen LogP contribution in [0, 0.1) is 5.92 Å². The Hall–Kier alpha value is -1.77. The number of benzene rings is 1. The third kappa shape index (κ3) is 3.29. The van der Waals surface area contributed by atoms with Crippen molar-refractivity contribution < 1.29 is 4.79 Å². The van der Waals surface area contributed by atoms with E-state index < -0.39 is 0 Å². The van der Waals surface area contributed by atoms with E-state index in [2.05, 4.69) is 41.9 Å². The zero-order valence-corrected chi connectivity index (χ0v) is 12.9. The van der Waals surface area contributed by atoms with E-state index in [4.69, 9.17) is 0 Å². The molecule has 1 N–H and O–H groups in total. The van der Waals surface area contributed by atoms with Crippen LogP contribution in [0.4, 0.5) is 0 Å². The Kier molecular flexibility index (Phi) is 4.00. The summed E-state index contributed by atoms with van der Waals surface area (Å²) >= 11 is 0. The van der Waals surface area contributed by atoms with Gasteiger partial charge in [0.05, 0.1) is 0 Å². The van der Waals surface area contributed by atoms with Crippen LogP contribution in [0.3, 0.4) is 0 Å². The average Bonchev–Trinajstić information content (AvgIpc) is 3.23. The average molecular weight is 284 g/mol. The van der Waals surface area contributed by atoms with E-state index in [0.717, 1.165) is 18.5 Å². The molecule has 0 bridgehead atoms. The summed E-state index contributed by atoms with van der Waals surface area (Å²) < 4.78 is 0. The van der Waals surface area contributed by atoms with Crippen LogP contribution >= 0.6 is 0 Å². The molecule has 1 aliphatic carbocycles. The van der Waals surface area contributed by atoms with Crippen LogP contribution in [0.25, 0.3) is 10.9 Å². The first-order valence-corrected chi connectivity index (χ1v) is 7.99. The second kappa shape index (κ2) is 5.92. The largest absolute Gasteiger partial charge is 0.361 e. The minimum absolute atomic E-state index is 0.316. The van der Waals surface area contributed by atoms with Gasteiger partial charge in [-0.3, -0.25) is 4.79 Å². The molecule has 0 atom stereocenters. The number of hydrogen-bond acceptors (Lipinski definition) is 1. The number of hydrogen-bond donors (Lipinski definition) is 1. The highest BCUT2D eigenvalue weighted by molar-refractivity contribution is 5.84. The summed E-state index contributed by atoms with van der Waals surface area (Å²) in [6.07, 6.45) is 5.86. The summed E-state index contributed by atoms with van der Waals surface area (Å²) in [7, 11) is 0. The molecule has 3 heteroatoms. The molecule has 2 aromatic rings. The Balaban J connectivity index is 1.64. The van der Waals surface area contributed by atoms with E-state index in [1.807, 2.05) is 12.3 Å². The van der Waals surface area contributed by atoms with Crippen molar-refractivity contribution in [1.29, 1.82) is 0 Å². The van der Waals surface area contributed by atoms with Crippen molar-refractivity contribution in [3.05, 3.63) is 36.0 Å². The van der Waals surface area contributed by atoms with Gasteiger partial charge in [-0.1, -0.05) is 32.0 Å². The highest BCUT2D eigenvalue weighted by Gasteiger charge is 2.32. The molecule has 112 valence electrons. The third-order valence-corrected chi connectivity index (χ3v) is 4.15. The Morgan fingerprint density at radius 3 is 2.81 bits per heavy atom. The van der Waals surface area contributed by atoms with Crippen molar-refractivity contribution in [2.75, 3.05) is 6.54 Å².